The molecule has 1 rings (SSSR count). The maximum atomic E-state index is 12.0. The lowest BCUT2D eigenvalue weighted by atomic mass is 9.96. The predicted octanol–water partition coefficient (Wildman–Crippen LogP) is 1.78. The van der Waals surface area contributed by atoms with Crippen LogP contribution in [0.1, 0.15) is 39.5 Å². The average molecular weight is 302 g/mol. The van der Waals surface area contributed by atoms with Crippen molar-refractivity contribution in [2.45, 2.75) is 63.8 Å². The Kier molecular flexibility index (Phi) is 5.64. The number of sulfonamides is 1. The fraction of sp³-hybridized carbons (Fsp3) is 1.00. The topological polar surface area (TPSA) is 58.2 Å². The molecule has 0 aromatic heterocycles. The van der Waals surface area contributed by atoms with E-state index in [-0.39, 0.29) is 12.1 Å². The third kappa shape index (κ3) is 6.58. The largest absolute Gasteiger partial charge is 0.389 e. The van der Waals surface area contributed by atoms with Crippen molar-refractivity contribution in [3.05, 3.63) is 0 Å². The van der Waals surface area contributed by atoms with Gasteiger partial charge >= 0.3 is 6.18 Å². The Balaban J connectivity index is 2.42. The summed E-state index contributed by atoms with van der Waals surface area (Å²) in [6.07, 6.45) is -4.22. The minimum absolute atomic E-state index is 0.0128. The molecule has 3 unspecified atom stereocenters. The van der Waals surface area contributed by atoms with Gasteiger partial charge in [0.05, 0.1) is 5.75 Å². The summed E-state index contributed by atoms with van der Waals surface area (Å²) in [6, 6.07) is 0.0780. The molecule has 19 heavy (non-hydrogen) atoms. The molecule has 0 aromatic rings. The molecule has 0 saturated carbocycles. The van der Waals surface area contributed by atoms with Gasteiger partial charge in [0.2, 0.25) is 10.0 Å². The molecule has 8 heteroatoms. The third-order valence-electron chi connectivity index (χ3n) is 3.27. The standard InChI is InChI=1S/C11H21F3N2O2S/c1-8-4-5-10(9(2)15-8)16-19(17,18)7-3-6-11(12,13)14/h8-10,15-16H,3-7H2,1-2H3. The van der Waals surface area contributed by atoms with Crippen LogP contribution in [0, 0.1) is 0 Å². The van der Waals surface area contributed by atoms with Crippen molar-refractivity contribution in [3.63, 3.8) is 0 Å². The molecule has 114 valence electrons. The summed E-state index contributed by atoms with van der Waals surface area (Å²) >= 11 is 0. The van der Waals surface area contributed by atoms with Gasteiger partial charge in [0.15, 0.2) is 0 Å². The lowest BCUT2D eigenvalue weighted by Gasteiger charge is -2.34. The van der Waals surface area contributed by atoms with Gasteiger partial charge in [-0.05, 0) is 33.1 Å². The Bertz CT molecular complexity index is 384. The van der Waals surface area contributed by atoms with E-state index in [4.69, 9.17) is 0 Å². The smallest absolute Gasteiger partial charge is 0.310 e. The molecule has 0 aromatic carbocycles. The summed E-state index contributed by atoms with van der Waals surface area (Å²) in [7, 11) is -3.64. The van der Waals surface area contributed by atoms with Crippen LogP contribution in [0.25, 0.3) is 0 Å². The maximum Gasteiger partial charge on any atom is 0.389 e. The molecule has 1 saturated heterocycles. The van der Waals surface area contributed by atoms with Gasteiger partial charge in [0, 0.05) is 24.5 Å². The predicted molar refractivity (Wildman–Crippen MR) is 67.3 cm³/mol. The van der Waals surface area contributed by atoms with Gasteiger partial charge in [-0.2, -0.15) is 13.2 Å². The lowest BCUT2D eigenvalue weighted by molar-refractivity contribution is -0.134. The van der Waals surface area contributed by atoms with Gasteiger partial charge in [-0.25, -0.2) is 13.1 Å². The van der Waals surface area contributed by atoms with E-state index in [1.807, 2.05) is 13.8 Å². The molecular formula is C11H21F3N2O2S. The minimum Gasteiger partial charge on any atom is -0.310 e. The highest BCUT2D eigenvalue weighted by molar-refractivity contribution is 7.89. The van der Waals surface area contributed by atoms with E-state index in [2.05, 4.69) is 10.0 Å². The minimum atomic E-state index is -4.30. The van der Waals surface area contributed by atoms with E-state index >= 15 is 0 Å². The van der Waals surface area contributed by atoms with Crippen molar-refractivity contribution in [2.75, 3.05) is 5.75 Å². The second-order valence-electron chi connectivity index (χ2n) is 5.20. The number of alkyl halides is 3. The lowest BCUT2D eigenvalue weighted by Crippen LogP contribution is -2.55. The number of piperidine rings is 1. The highest BCUT2D eigenvalue weighted by Gasteiger charge is 2.30. The van der Waals surface area contributed by atoms with Crippen LogP contribution < -0.4 is 10.0 Å². The molecular weight excluding hydrogens is 281 g/mol. The molecule has 3 atom stereocenters. The Hall–Kier alpha value is -0.340. The normalized spacial score (nSPS) is 29.4. The van der Waals surface area contributed by atoms with Gasteiger partial charge in [-0.15, -0.1) is 0 Å². The van der Waals surface area contributed by atoms with Crippen LogP contribution in [0.5, 0.6) is 0 Å². The van der Waals surface area contributed by atoms with Crippen molar-refractivity contribution < 1.29 is 21.6 Å². The molecule has 4 nitrogen and oxygen atoms in total. The molecule has 1 aliphatic heterocycles. The first-order chi connectivity index (χ1) is 8.59. The van der Waals surface area contributed by atoms with E-state index in [0.29, 0.717) is 12.5 Å². The third-order valence-corrected chi connectivity index (χ3v) is 4.75. The molecule has 1 aliphatic rings. The maximum absolute atomic E-state index is 12.0. The first-order valence-corrected chi connectivity index (χ1v) is 8.07. The van der Waals surface area contributed by atoms with Gasteiger partial charge in [0.25, 0.3) is 0 Å². The molecule has 0 bridgehead atoms. The molecule has 1 fully saturated rings. The number of halogens is 3. The fourth-order valence-electron chi connectivity index (χ4n) is 2.24. The van der Waals surface area contributed by atoms with Gasteiger partial charge in [-0.3, -0.25) is 0 Å². The van der Waals surface area contributed by atoms with E-state index in [9.17, 15) is 21.6 Å². The van der Waals surface area contributed by atoms with E-state index < -0.39 is 34.8 Å². The summed E-state index contributed by atoms with van der Waals surface area (Å²) < 4.78 is 61.8. The SMILES string of the molecule is CC1CCC(NS(=O)(=O)CCCC(F)(F)F)C(C)N1. The second kappa shape index (κ2) is 6.41. The van der Waals surface area contributed by atoms with Gasteiger partial charge in [0.1, 0.15) is 0 Å². The molecule has 1 heterocycles. The highest BCUT2D eigenvalue weighted by Crippen LogP contribution is 2.21. The van der Waals surface area contributed by atoms with Gasteiger partial charge < -0.3 is 5.32 Å². The number of hydrogen-bond donors (Lipinski definition) is 2. The summed E-state index contributed by atoms with van der Waals surface area (Å²) in [5, 5.41) is 3.23. The number of nitrogens with one attached hydrogen (secondary N) is 2. The number of rotatable bonds is 5. The Labute approximate surface area is 112 Å². The van der Waals surface area contributed by atoms with Crippen LogP contribution in [0.15, 0.2) is 0 Å². The van der Waals surface area contributed by atoms with Crippen LogP contribution in [-0.2, 0) is 10.0 Å². The van der Waals surface area contributed by atoms with Crippen LogP contribution in [0.3, 0.4) is 0 Å². The van der Waals surface area contributed by atoms with Crippen molar-refractivity contribution in [2.24, 2.45) is 0 Å². The first kappa shape index (κ1) is 16.7. The van der Waals surface area contributed by atoms with Crippen LogP contribution in [0.4, 0.5) is 13.2 Å². The Morgan fingerprint density at radius 2 is 1.89 bits per heavy atom. The Morgan fingerprint density at radius 1 is 1.26 bits per heavy atom. The first-order valence-electron chi connectivity index (χ1n) is 6.42. The highest BCUT2D eigenvalue weighted by atomic mass is 32.2. The molecule has 2 N–H and O–H groups in total. The van der Waals surface area contributed by atoms with E-state index in [1.165, 1.54) is 0 Å². The summed E-state index contributed by atoms with van der Waals surface area (Å²) in [4.78, 5) is 0. The molecule has 0 spiro atoms. The molecule has 0 amide bonds. The molecule has 0 radical (unpaired) electrons. The van der Waals surface area contributed by atoms with Crippen LogP contribution in [-0.4, -0.2) is 38.5 Å². The number of hydrogen-bond acceptors (Lipinski definition) is 3. The molecule has 0 aliphatic carbocycles. The fourth-order valence-corrected chi connectivity index (χ4v) is 3.67. The van der Waals surface area contributed by atoms with Crippen LogP contribution in [0.2, 0.25) is 0 Å². The zero-order valence-corrected chi connectivity index (χ0v) is 11.9. The van der Waals surface area contributed by atoms with Crippen molar-refractivity contribution in [1.29, 1.82) is 0 Å². The average Bonchev–Trinajstić information content (AvgIpc) is 2.20. The Morgan fingerprint density at radius 3 is 2.42 bits per heavy atom. The summed E-state index contributed by atoms with van der Waals surface area (Å²) in [5.41, 5.74) is 0. The van der Waals surface area contributed by atoms with Crippen LogP contribution >= 0.6 is 0 Å². The monoisotopic (exact) mass is 302 g/mol. The zero-order valence-electron chi connectivity index (χ0n) is 11.1. The second-order valence-corrected chi connectivity index (χ2v) is 7.07. The van der Waals surface area contributed by atoms with Gasteiger partial charge in [-0.1, -0.05) is 0 Å². The van der Waals surface area contributed by atoms with E-state index in [1.54, 1.807) is 0 Å². The van der Waals surface area contributed by atoms with Crippen molar-refractivity contribution in [3.8, 4) is 0 Å². The zero-order chi connectivity index (χ0) is 14.7. The van der Waals surface area contributed by atoms with E-state index in [0.717, 1.165) is 6.42 Å². The summed E-state index contributed by atoms with van der Waals surface area (Å²) in [6.45, 7) is 3.89. The summed E-state index contributed by atoms with van der Waals surface area (Å²) in [5.74, 6) is -0.481. The van der Waals surface area contributed by atoms with Crippen molar-refractivity contribution >= 4 is 10.0 Å². The quantitative estimate of drug-likeness (QED) is 0.814. The van der Waals surface area contributed by atoms with Crippen molar-refractivity contribution in [1.82, 2.24) is 10.0 Å².